The second-order valence-corrected chi connectivity index (χ2v) is 10.2. The molecular formula is C18H23N3O4S2. The average Bonchev–Trinajstić information content (AvgIpc) is 3.27. The predicted molar refractivity (Wildman–Crippen MR) is 102 cm³/mol. The zero-order valence-corrected chi connectivity index (χ0v) is 16.6. The van der Waals surface area contributed by atoms with Gasteiger partial charge in [-0.2, -0.15) is 0 Å². The lowest BCUT2D eigenvalue weighted by Gasteiger charge is -2.32. The number of sulfone groups is 1. The van der Waals surface area contributed by atoms with Crippen LogP contribution in [0.1, 0.15) is 23.8 Å². The molecule has 2 fully saturated rings. The van der Waals surface area contributed by atoms with Gasteiger partial charge < -0.3 is 9.15 Å². The standard InChI is InChI=1S/C18H23N3O4S2/c22-27(23)9-6-15(13-27)17-19-20-18(25-17)26-12-16-11-21(7-8-24-16)10-14-4-2-1-3-5-14/h1-5,15-16H,6-13H2. The molecule has 2 aromatic rings. The van der Waals surface area contributed by atoms with Crippen molar-refractivity contribution in [2.75, 3.05) is 37.0 Å². The SMILES string of the molecule is O=S1(=O)CCC(c2nnc(SCC3CN(Cc4ccccc4)CCO3)o2)C1. The van der Waals surface area contributed by atoms with Gasteiger partial charge in [0.25, 0.3) is 5.22 Å². The van der Waals surface area contributed by atoms with E-state index in [4.69, 9.17) is 9.15 Å². The molecular weight excluding hydrogens is 386 g/mol. The highest BCUT2D eigenvalue weighted by Crippen LogP contribution is 2.30. The molecule has 2 atom stereocenters. The number of hydrogen-bond donors (Lipinski definition) is 0. The number of thioether (sulfide) groups is 1. The Morgan fingerprint density at radius 3 is 2.85 bits per heavy atom. The van der Waals surface area contributed by atoms with Crippen LogP contribution in [0.4, 0.5) is 0 Å². The maximum Gasteiger partial charge on any atom is 0.276 e. The molecule has 2 aliphatic rings. The Labute approximate surface area is 163 Å². The summed E-state index contributed by atoms with van der Waals surface area (Å²) in [5.41, 5.74) is 1.30. The Kier molecular flexibility index (Phi) is 5.82. The summed E-state index contributed by atoms with van der Waals surface area (Å²) in [6, 6.07) is 10.4. The minimum Gasteiger partial charge on any atom is -0.416 e. The fourth-order valence-electron chi connectivity index (χ4n) is 3.46. The van der Waals surface area contributed by atoms with E-state index >= 15 is 0 Å². The molecule has 2 unspecified atom stereocenters. The molecule has 0 radical (unpaired) electrons. The van der Waals surface area contributed by atoms with Crippen molar-refractivity contribution in [2.45, 2.75) is 30.2 Å². The minimum atomic E-state index is -2.96. The van der Waals surface area contributed by atoms with E-state index in [1.165, 1.54) is 17.3 Å². The molecule has 0 amide bonds. The van der Waals surface area contributed by atoms with Crippen LogP contribution in [0, 0.1) is 0 Å². The normalized spacial score (nSPS) is 25.6. The number of morpholine rings is 1. The van der Waals surface area contributed by atoms with Crippen molar-refractivity contribution in [3.63, 3.8) is 0 Å². The molecule has 146 valence electrons. The molecule has 27 heavy (non-hydrogen) atoms. The van der Waals surface area contributed by atoms with Gasteiger partial charge in [-0.15, -0.1) is 10.2 Å². The van der Waals surface area contributed by atoms with Crippen LogP contribution in [0.15, 0.2) is 40.0 Å². The van der Waals surface area contributed by atoms with Gasteiger partial charge in [-0.3, -0.25) is 4.90 Å². The van der Waals surface area contributed by atoms with E-state index in [1.54, 1.807) is 0 Å². The molecule has 0 aliphatic carbocycles. The van der Waals surface area contributed by atoms with E-state index in [0.29, 0.717) is 24.1 Å². The van der Waals surface area contributed by atoms with Crippen LogP contribution >= 0.6 is 11.8 Å². The number of nitrogens with zero attached hydrogens (tertiary/aromatic N) is 3. The number of aromatic nitrogens is 2. The van der Waals surface area contributed by atoms with E-state index in [-0.39, 0.29) is 23.5 Å². The molecule has 4 rings (SSSR count). The molecule has 7 nitrogen and oxygen atoms in total. The van der Waals surface area contributed by atoms with E-state index in [1.807, 2.05) is 6.07 Å². The predicted octanol–water partition coefficient (Wildman–Crippen LogP) is 1.96. The van der Waals surface area contributed by atoms with Crippen molar-refractivity contribution in [3.05, 3.63) is 41.8 Å². The smallest absolute Gasteiger partial charge is 0.276 e. The number of hydrogen-bond acceptors (Lipinski definition) is 8. The quantitative estimate of drug-likeness (QED) is 0.670. The first-order chi connectivity index (χ1) is 13.1. The highest BCUT2D eigenvalue weighted by molar-refractivity contribution is 7.99. The summed E-state index contributed by atoms with van der Waals surface area (Å²) < 4.78 is 34.7. The Hall–Kier alpha value is -1.42. The van der Waals surface area contributed by atoms with E-state index < -0.39 is 9.84 Å². The van der Waals surface area contributed by atoms with E-state index in [2.05, 4.69) is 39.4 Å². The third-order valence-corrected chi connectivity index (χ3v) is 7.59. The van der Waals surface area contributed by atoms with Crippen molar-refractivity contribution in [3.8, 4) is 0 Å². The van der Waals surface area contributed by atoms with Crippen LogP contribution in [-0.2, 0) is 21.1 Å². The summed E-state index contributed by atoms with van der Waals surface area (Å²) >= 11 is 1.47. The lowest BCUT2D eigenvalue weighted by molar-refractivity contribution is -0.0188. The fraction of sp³-hybridized carbons (Fsp3) is 0.556. The molecule has 1 aromatic heterocycles. The van der Waals surface area contributed by atoms with Crippen molar-refractivity contribution < 1.29 is 17.6 Å². The van der Waals surface area contributed by atoms with Crippen LogP contribution in [0.3, 0.4) is 0 Å². The average molecular weight is 410 g/mol. The summed E-state index contributed by atoms with van der Waals surface area (Å²) in [4.78, 5) is 2.40. The van der Waals surface area contributed by atoms with Gasteiger partial charge in [-0.1, -0.05) is 42.1 Å². The first-order valence-corrected chi connectivity index (χ1v) is 11.9. The summed E-state index contributed by atoms with van der Waals surface area (Å²) in [6.45, 7) is 3.43. The van der Waals surface area contributed by atoms with Gasteiger partial charge in [0.1, 0.15) is 0 Å². The van der Waals surface area contributed by atoms with E-state index in [9.17, 15) is 8.42 Å². The number of ether oxygens (including phenoxy) is 1. The molecule has 0 saturated carbocycles. The highest BCUT2D eigenvalue weighted by Gasteiger charge is 2.33. The third kappa shape index (κ3) is 5.10. The summed E-state index contributed by atoms with van der Waals surface area (Å²) in [5, 5.41) is 8.59. The first-order valence-electron chi connectivity index (χ1n) is 9.12. The topological polar surface area (TPSA) is 85.5 Å². The monoisotopic (exact) mass is 409 g/mol. The molecule has 9 heteroatoms. The Morgan fingerprint density at radius 2 is 2.07 bits per heavy atom. The summed E-state index contributed by atoms with van der Waals surface area (Å²) in [6.07, 6.45) is 0.670. The van der Waals surface area contributed by atoms with E-state index in [0.717, 1.165) is 25.4 Å². The first kappa shape index (κ1) is 18.9. The van der Waals surface area contributed by atoms with Crippen LogP contribution in [0.2, 0.25) is 0 Å². The molecule has 2 aliphatic heterocycles. The van der Waals surface area contributed by atoms with Crippen molar-refractivity contribution in [1.82, 2.24) is 15.1 Å². The van der Waals surface area contributed by atoms with Gasteiger partial charge in [-0.05, 0) is 12.0 Å². The molecule has 3 heterocycles. The van der Waals surface area contributed by atoms with Crippen molar-refractivity contribution >= 4 is 21.6 Å². The Balaban J connectivity index is 1.27. The zero-order valence-electron chi connectivity index (χ0n) is 15.0. The third-order valence-electron chi connectivity index (χ3n) is 4.87. The van der Waals surface area contributed by atoms with Gasteiger partial charge in [-0.25, -0.2) is 8.42 Å². The van der Waals surface area contributed by atoms with Gasteiger partial charge in [0.2, 0.25) is 5.89 Å². The van der Waals surface area contributed by atoms with Gasteiger partial charge >= 0.3 is 0 Å². The Bertz CT molecular complexity index is 857. The maximum atomic E-state index is 11.6. The van der Waals surface area contributed by atoms with Crippen LogP contribution in [0.5, 0.6) is 0 Å². The number of benzene rings is 1. The summed E-state index contributed by atoms with van der Waals surface area (Å²) in [5.74, 6) is 1.32. The number of rotatable bonds is 6. The highest BCUT2D eigenvalue weighted by atomic mass is 32.2. The lowest BCUT2D eigenvalue weighted by atomic mass is 10.1. The molecule has 2 saturated heterocycles. The molecule has 0 N–H and O–H groups in total. The molecule has 0 bridgehead atoms. The van der Waals surface area contributed by atoms with Gasteiger partial charge in [0, 0.05) is 25.4 Å². The summed E-state index contributed by atoms with van der Waals surface area (Å²) in [7, 11) is -2.96. The van der Waals surface area contributed by atoms with Gasteiger partial charge in [0.15, 0.2) is 9.84 Å². The minimum absolute atomic E-state index is 0.106. The second-order valence-electron chi connectivity index (χ2n) is 7.03. The Morgan fingerprint density at radius 1 is 1.22 bits per heavy atom. The largest absolute Gasteiger partial charge is 0.416 e. The zero-order chi connectivity index (χ0) is 18.7. The molecule has 1 aromatic carbocycles. The van der Waals surface area contributed by atoms with Gasteiger partial charge in [0.05, 0.1) is 30.1 Å². The van der Waals surface area contributed by atoms with Crippen LogP contribution in [0.25, 0.3) is 0 Å². The lowest BCUT2D eigenvalue weighted by Crippen LogP contribution is -2.43. The second kappa shape index (κ2) is 8.30. The molecule has 0 spiro atoms. The van der Waals surface area contributed by atoms with Crippen molar-refractivity contribution in [1.29, 1.82) is 0 Å². The van der Waals surface area contributed by atoms with Crippen molar-refractivity contribution in [2.24, 2.45) is 0 Å². The fourth-order valence-corrected chi connectivity index (χ4v) is 5.97. The van der Waals surface area contributed by atoms with Crippen LogP contribution < -0.4 is 0 Å². The van der Waals surface area contributed by atoms with Crippen LogP contribution in [-0.4, -0.2) is 66.6 Å². The maximum absolute atomic E-state index is 11.6.